The smallest absolute Gasteiger partial charge is 0.115 e. The van der Waals surface area contributed by atoms with Gasteiger partial charge in [0.2, 0.25) is 0 Å². The van der Waals surface area contributed by atoms with Crippen molar-refractivity contribution in [2.45, 2.75) is 38.3 Å². The van der Waals surface area contributed by atoms with Crippen molar-refractivity contribution in [3.8, 4) is 0 Å². The second-order valence-corrected chi connectivity index (χ2v) is 5.33. The van der Waals surface area contributed by atoms with Crippen LogP contribution in [-0.4, -0.2) is 12.2 Å². The van der Waals surface area contributed by atoms with Crippen molar-refractivity contribution in [2.24, 2.45) is 0 Å². The molecule has 2 aromatic carbocycles. The summed E-state index contributed by atoms with van der Waals surface area (Å²) in [5.41, 5.74) is 2.44. The summed E-state index contributed by atoms with van der Waals surface area (Å²) in [6, 6.07) is 20.6. The van der Waals surface area contributed by atoms with Gasteiger partial charge in [-0.3, -0.25) is 0 Å². The van der Waals surface area contributed by atoms with Crippen molar-refractivity contribution in [1.29, 1.82) is 0 Å². The maximum atomic E-state index is 6.09. The van der Waals surface area contributed by atoms with E-state index in [-0.39, 0.29) is 24.4 Å². The molecule has 4 atom stereocenters. The van der Waals surface area contributed by atoms with Crippen LogP contribution in [0.15, 0.2) is 60.7 Å². The third kappa shape index (κ3) is 2.92. The lowest BCUT2D eigenvalue weighted by Crippen LogP contribution is -2.18. The molecule has 1 aliphatic rings. The van der Waals surface area contributed by atoms with Crippen LogP contribution in [0.25, 0.3) is 0 Å². The fourth-order valence-corrected chi connectivity index (χ4v) is 2.59. The highest BCUT2D eigenvalue weighted by Gasteiger charge is 2.45. The average molecular weight is 268 g/mol. The third-order valence-corrected chi connectivity index (χ3v) is 3.80. The zero-order valence-corrected chi connectivity index (χ0v) is 11.9. The first-order valence-electron chi connectivity index (χ1n) is 7.16. The molecule has 2 unspecified atom stereocenters. The van der Waals surface area contributed by atoms with E-state index in [4.69, 9.17) is 9.47 Å². The van der Waals surface area contributed by atoms with Gasteiger partial charge >= 0.3 is 0 Å². The number of hydrogen-bond donors (Lipinski definition) is 0. The molecule has 0 radical (unpaired) electrons. The minimum atomic E-state index is 0.0897. The van der Waals surface area contributed by atoms with Crippen LogP contribution in [0.1, 0.15) is 37.2 Å². The summed E-state index contributed by atoms with van der Waals surface area (Å²) >= 11 is 0. The van der Waals surface area contributed by atoms with Crippen LogP contribution in [0.4, 0.5) is 0 Å². The lowest BCUT2D eigenvalue weighted by molar-refractivity contribution is -0.00742. The van der Waals surface area contributed by atoms with Crippen LogP contribution in [0.3, 0.4) is 0 Å². The van der Waals surface area contributed by atoms with Gasteiger partial charge in [0.1, 0.15) is 12.2 Å². The van der Waals surface area contributed by atoms with Crippen molar-refractivity contribution < 1.29 is 9.47 Å². The van der Waals surface area contributed by atoms with E-state index in [2.05, 4.69) is 38.1 Å². The van der Waals surface area contributed by atoms with Crippen molar-refractivity contribution in [3.05, 3.63) is 71.8 Å². The Bertz CT molecular complexity index is 538. The SMILES string of the molecule is CC(OC(C)[C@H]1O[C@@H]1c1ccccc1)c1ccccc1. The van der Waals surface area contributed by atoms with Crippen molar-refractivity contribution in [3.63, 3.8) is 0 Å². The molecule has 2 heteroatoms. The van der Waals surface area contributed by atoms with Gasteiger partial charge in [-0.15, -0.1) is 0 Å². The Morgan fingerprint density at radius 2 is 1.50 bits per heavy atom. The number of ether oxygens (including phenoxy) is 2. The first kappa shape index (κ1) is 13.3. The maximum absolute atomic E-state index is 6.09. The highest BCUT2D eigenvalue weighted by atomic mass is 16.6. The predicted octanol–water partition coefficient (Wildman–Crippen LogP) is 4.29. The minimum Gasteiger partial charge on any atom is -0.368 e. The summed E-state index contributed by atoms with van der Waals surface area (Å²) < 4.78 is 11.9. The maximum Gasteiger partial charge on any atom is 0.115 e. The fraction of sp³-hybridized carbons (Fsp3) is 0.333. The fourth-order valence-electron chi connectivity index (χ4n) is 2.59. The number of benzene rings is 2. The highest BCUT2D eigenvalue weighted by molar-refractivity contribution is 5.23. The van der Waals surface area contributed by atoms with E-state index < -0.39 is 0 Å². The van der Waals surface area contributed by atoms with Gasteiger partial charge in [0.05, 0.1) is 12.2 Å². The highest BCUT2D eigenvalue weighted by Crippen LogP contribution is 2.42. The average Bonchev–Trinajstić information content (AvgIpc) is 3.29. The molecule has 20 heavy (non-hydrogen) atoms. The Hall–Kier alpha value is -1.64. The molecule has 0 saturated carbocycles. The molecule has 0 aromatic heterocycles. The summed E-state index contributed by atoms with van der Waals surface area (Å²) in [5.74, 6) is 0. The largest absolute Gasteiger partial charge is 0.368 e. The van der Waals surface area contributed by atoms with Gasteiger partial charge in [-0.05, 0) is 25.0 Å². The van der Waals surface area contributed by atoms with E-state index in [0.717, 1.165) is 0 Å². The van der Waals surface area contributed by atoms with Crippen LogP contribution in [-0.2, 0) is 9.47 Å². The molecule has 104 valence electrons. The summed E-state index contributed by atoms with van der Waals surface area (Å²) in [7, 11) is 0. The van der Waals surface area contributed by atoms with Crippen LogP contribution in [0, 0.1) is 0 Å². The Balaban J connectivity index is 1.58. The van der Waals surface area contributed by atoms with E-state index in [0.29, 0.717) is 0 Å². The zero-order valence-electron chi connectivity index (χ0n) is 11.9. The van der Waals surface area contributed by atoms with Crippen LogP contribution in [0.5, 0.6) is 0 Å². The molecule has 1 fully saturated rings. The second-order valence-electron chi connectivity index (χ2n) is 5.33. The molecule has 3 rings (SSSR count). The van der Waals surface area contributed by atoms with Gasteiger partial charge in [-0.1, -0.05) is 60.7 Å². The van der Waals surface area contributed by atoms with Gasteiger partial charge in [-0.25, -0.2) is 0 Å². The van der Waals surface area contributed by atoms with Crippen molar-refractivity contribution in [1.82, 2.24) is 0 Å². The van der Waals surface area contributed by atoms with E-state index >= 15 is 0 Å². The molecule has 1 saturated heterocycles. The van der Waals surface area contributed by atoms with E-state index in [9.17, 15) is 0 Å². The van der Waals surface area contributed by atoms with Crippen LogP contribution < -0.4 is 0 Å². The predicted molar refractivity (Wildman–Crippen MR) is 79.5 cm³/mol. The quantitative estimate of drug-likeness (QED) is 0.754. The first-order chi connectivity index (χ1) is 9.75. The van der Waals surface area contributed by atoms with Gasteiger partial charge in [-0.2, -0.15) is 0 Å². The normalized spacial score (nSPS) is 24.1. The van der Waals surface area contributed by atoms with Gasteiger partial charge < -0.3 is 9.47 Å². The molecule has 0 bridgehead atoms. The van der Waals surface area contributed by atoms with E-state index in [1.54, 1.807) is 0 Å². The first-order valence-corrected chi connectivity index (χ1v) is 7.16. The lowest BCUT2D eigenvalue weighted by Gasteiger charge is -2.18. The summed E-state index contributed by atoms with van der Waals surface area (Å²) in [5, 5.41) is 0. The number of epoxide rings is 1. The molecule has 2 nitrogen and oxygen atoms in total. The summed E-state index contributed by atoms with van der Waals surface area (Å²) in [6.07, 6.45) is 0.542. The molecule has 0 amide bonds. The topological polar surface area (TPSA) is 21.8 Å². The molecular formula is C18H20O2. The second kappa shape index (κ2) is 5.78. The Morgan fingerprint density at radius 3 is 2.15 bits per heavy atom. The van der Waals surface area contributed by atoms with Gasteiger partial charge in [0.15, 0.2) is 0 Å². The number of rotatable bonds is 5. The molecule has 2 aromatic rings. The van der Waals surface area contributed by atoms with Crippen LogP contribution >= 0.6 is 0 Å². The van der Waals surface area contributed by atoms with Crippen molar-refractivity contribution >= 4 is 0 Å². The molecular weight excluding hydrogens is 248 g/mol. The van der Waals surface area contributed by atoms with Crippen LogP contribution in [0.2, 0.25) is 0 Å². The summed E-state index contributed by atoms with van der Waals surface area (Å²) in [6.45, 7) is 4.18. The molecule has 0 spiro atoms. The Kier molecular flexibility index (Phi) is 3.86. The van der Waals surface area contributed by atoms with Crippen molar-refractivity contribution in [2.75, 3.05) is 0 Å². The standard InChI is InChI=1S/C18H20O2/c1-13(15-9-5-3-6-10-15)19-14(2)17-18(20-17)16-11-7-4-8-12-16/h3-14,17-18H,1-2H3/t13?,14?,17-,18-/m1/s1. The summed E-state index contributed by atoms with van der Waals surface area (Å²) in [4.78, 5) is 0. The Labute approximate surface area is 120 Å². The Morgan fingerprint density at radius 1 is 0.900 bits per heavy atom. The third-order valence-electron chi connectivity index (χ3n) is 3.80. The van der Waals surface area contributed by atoms with E-state index in [1.807, 2.05) is 36.4 Å². The zero-order chi connectivity index (χ0) is 13.9. The molecule has 1 aliphatic heterocycles. The molecule has 1 heterocycles. The monoisotopic (exact) mass is 268 g/mol. The lowest BCUT2D eigenvalue weighted by atomic mass is 10.1. The van der Waals surface area contributed by atoms with E-state index in [1.165, 1.54) is 11.1 Å². The van der Waals surface area contributed by atoms with Gasteiger partial charge in [0, 0.05) is 0 Å². The minimum absolute atomic E-state index is 0.0897. The molecule has 0 N–H and O–H groups in total. The molecule has 0 aliphatic carbocycles. The number of hydrogen-bond acceptors (Lipinski definition) is 2. The van der Waals surface area contributed by atoms with Gasteiger partial charge in [0.25, 0.3) is 0 Å².